The van der Waals surface area contributed by atoms with E-state index in [4.69, 9.17) is 5.73 Å². The Balaban J connectivity index is 2.16. The van der Waals surface area contributed by atoms with Gasteiger partial charge in [0.05, 0.1) is 5.69 Å². The number of H-pyrrole nitrogens is 1. The fraction of sp³-hybridized carbons (Fsp3) is 0.0769. The highest BCUT2D eigenvalue weighted by Crippen LogP contribution is 2.24. The number of nitrogens with one attached hydrogen (secondary N) is 1. The Morgan fingerprint density at radius 2 is 1.88 bits per heavy atom. The number of rotatable bonds is 2. The van der Waals surface area contributed by atoms with Crippen LogP contribution in [0.3, 0.4) is 0 Å². The molecule has 0 saturated heterocycles. The van der Waals surface area contributed by atoms with Gasteiger partial charge in [-0.2, -0.15) is 0 Å². The van der Waals surface area contributed by atoms with Gasteiger partial charge < -0.3 is 10.7 Å². The van der Waals surface area contributed by atoms with E-state index in [9.17, 15) is 0 Å². The lowest BCUT2D eigenvalue weighted by atomic mass is 10.1. The Morgan fingerprint density at radius 1 is 1.06 bits per heavy atom. The zero-order valence-corrected chi connectivity index (χ0v) is 9.22. The lowest BCUT2D eigenvalue weighted by molar-refractivity contribution is 1.07. The van der Waals surface area contributed by atoms with Crippen LogP contribution in [0.15, 0.2) is 42.9 Å². The number of hydrogen-bond acceptors (Lipinski definition) is 3. The second-order valence-corrected chi connectivity index (χ2v) is 3.86. The van der Waals surface area contributed by atoms with Gasteiger partial charge in [0.1, 0.15) is 12.0 Å². The van der Waals surface area contributed by atoms with Crippen molar-refractivity contribution in [1.29, 1.82) is 0 Å². The standard InChI is InChI=1S/C13H12N4/c14-7-9-1-3-10(4-2-9)12-11-5-6-15-13(11)17-8-16-12/h1-6,8H,7,14H2,(H,15,16,17). The van der Waals surface area contributed by atoms with Crippen LogP contribution in [0, 0.1) is 0 Å². The fourth-order valence-electron chi connectivity index (χ4n) is 1.90. The molecule has 2 heterocycles. The maximum absolute atomic E-state index is 5.58. The first kappa shape index (κ1) is 9.99. The first-order chi connectivity index (χ1) is 8.38. The number of fused-ring (bicyclic) bond motifs is 1. The molecule has 0 aliphatic heterocycles. The van der Waals surface area contributed by atoms with Crippen molar-refractivity contribution in [2.24, 2.45) is 5.73 Å². The van der Waals surface area contributed by atoms with E-state index in [-0.39, 0.29) is 0 Å². The monoisotopic (exact) mass is 224 g/mol. The molecule has 0 aliphatic rings. The number of benzene rings is 1. The second-order valence-electron chi connectivity index (χ2n) is 3.86. The molecule has 0 bridgehead atoms. The van der Waals surface area contributed by atoms with Crippen molar-refractivity contribution < 1.29 is 0 Å². The minimum atomic E-state index is 0.559. The Kier molecular flexibility index (Phi) is 2.34. The first-order valence-corrected chi connectivity index (χ1v) is 5.46. The number of nitrogens with zero attached hydrogens (tertiary/aromatic N) is 2. The van der Waals surface area contributed by atoms with Gasteiger partial charge in [-0.3, -0.25) is 0 Å². The molecule has 2 aromatic heterocycles. The number of nitrogens with two attached hydrogens (primary N) is 1. The van der Waals surface area contributed by atoms with Crippen molar-refractivity contribution in [3.05, 3.63) is 48.4 Å². The van der Waals surface area contributed by atoms with Crippen LogP contribution in [0.5, 0.6) is 0 Å². The zero-order valence-electron chi connectivity index (χ0n) is 9.22. The number of aromatic amines is 1. The van der Waals surface area contributed by atoms with Gasteiger partial charge in [0.2, 0.25) is 0 Å². The molecule has 3 N–H and O–H groups in total. The summed E-state index contributed by atoms with van der Waals surface area (Å²) in [5, 5.41) is 1.04. The van der Waals surface area contributed by atoms with Crippen LogP contribution in [0.1, 0.15) is 5.56 Å². The Morgan fingerprint density at radius 3 is 2.65 bits per heavy atom. The van der Waals surface area contributed by atoms with Gasteiger partial charge in [-0.1, -0.05) is 24.3 Å². The highest BCUT2D eigenvalue weighted by Gasteiger charge is 2.06. The molecule has 3 aromatic rings. The summed E-state index contributed by atoms with van der Waals surface area (Å²) < 4.78 is 0. The van der Waals surface area contributed by atoms with Crippen molar-refractivity contribution in [3.8, 4) is 11.3 Å². The molecule has 3 rings (SSSR count). The van der Waals surface area contributed by atoms with E-state index >= 15 is 0 Å². The fourth-order valence-corrected chi connectivity index (χ4v) is 1.90. The van der Waals surface area contributed by atoms with Gasteiger partial charge in [0, 0.05) is 23.7 Å². The summed E-state index contributed by atoms with van der Waals surface area (Å²) >= 11 is 0. The van der Waals surface area contributed by atoms with E-state index in [2.05, 4.69) is 15.0 Å². The van der Waals surface area contributed by atoms with E-state index in [1.54, 1.807) is 6.33 Å². The third-order valence-electron chi connectivity index (χ3n) is 2.82. The molecule has 0 spiro atoms. The summed E-state index contributed by atoms with van der Waals surface area (Å²) in [5.41, 5.74) is 9.58. The molecule has 4 heteroatoms. The van der Waals surface area contributed by atoms with Crippen LogP contribution >= 0.6 is 0 Å². The minimum absolute atomic E-state index is 0.559. The number of hydrogen-bond donors (Lipinski definition) is 2. The van der Waals surface area contributed by atoms with Crippen molar-refractivity contribution in [1.82, 2.24) is 15.0 Å². The predicted octanol–water partition coefficient (Wildman–Crippen LogP) is 2.08. The smallest absolute Gasteiger partial charge is 0.141 e. The largest absolute Gasteiger partial charge is 0.346 e. The van der Waals surface area contributed by atoms with Gasteiger partial charge in [-0.05, 0) is 11.6 Å². The molecule has 1 aromatic carbocycles. The van der Waals surface area contributed by atoms with Crippen LogP contribution in [0.4, 0.5) is 0 Å². The van der Waals surface area contributed by atoms with Crippen LogP contribution in [-0.4, -0.2) is 15.0 Å². The molecule has 0 radical (unpaired) electrons. The summed E-state index contributed by atoms with van der Waals surface area (Å²) in [6, 6.07) is 10.1. The van der Waals surface area contributed by atoms with Gasteiger partial charge in [0.25, 0.3) is 0 Å². The molecule has 0 atom stereocenters. The van der Waals surface area contributed by atoms with E-state index in [0.717, 1.165) is 27.9 Å². The van der Waals surface area contributed by atoms with E-state index in [1.165, 1.54) is 0 Å². The van der Waals surface area contributed by atoms with Crippen molar-refractivity contribution in [2.75, 3.05) is 0 Å². The molecule has 0 saturated carbocycles. The molecular weight excluding hydrogens is 212 g/mol. The van der Waals surface area contributed by atoms with E-state index in [1.807, 2.05) is 36.5 Å². The van der Waals surface area contributed by atoms with Gasteiger partial charge in [-0.15, -0.1) is 0 Å². The quantitative estimate of drug-likeness (QED) is 0.700. The van der Waals surface area contributed by atoms with Gasteiger partial charge in [-0.25, -0.2) is 9.97 Å². The highest BCUT2D eigenvalue weighted by molar-refractivity contribution is 5.90. The Hall–Kier alpha value is -2.20. The van der Waals surface area contributed by atoms with Gasteiger partial charge >= 0.3 is 0 Å². The number of aromatic nitrogens is 3. The van der Waals surface area contributed by atoms with Crippen LogP contribution in [-0.2, 0) is 6.54 Å². The second kappa shape index (κ2) is 3.99. The average Bonchev–Trinajstić information content (AvgIpc) is 2.87. The summed E-state index contributed by atoms with van der Waals surface area (Å²) in [6.07, 6.45) is 3.45. The molecular formula is C13H12N4. The highest BCUT2D eigenvalue weighted by atomic mass is 14.9. The van der Waals surface area contributed by atoms with Crippen LogP contribution < -0.4 is 5.73 Å². The molecule has 84 valence electrons. The Labute approximate surface area is 98.5 Å². The lowest BCUT2D eigenvalue weighted by Crippen LogP contribution is -1.95. The van der Waals surface area contributed by atoms with E-state index in [0.29, 0.717) is 6.54 Å². The SMILES string of the molecule is NCc1ccc(-c2ncnc3[nH]ccc23)cc1. The third kappa shape index (κ3) is 1.68. The molecule has 0 unspecified atom stereocenters. The minimum Gasteiger partial charge on any atom is -0.346 e. The third-order valence-corrected chi connectivity index (χ3v) is 2.82. The van der Waals surface area contributed by atoms with Crippen molar-refractivity contribution in [2.45, 2.75) is 6.54 Å². The molecule has 0 fully saturated rings. The van der Waals surface area contributed by atoms with E-state index < -0.39 is 0 Å². The van der Waals surface area contributed by atoms with Crippen LogP contribution in [0.25, 0.3) is 22.3 Å². The van der Waals surface area contributed by atoms with Gasteiger partial charge in [0.15, 0.2) is 0 Å². The summed E-state index contributed by atoms with van der Waals surface area (Å²) in [6.45, 7) is 0.559. The van der Waals surface area contributed by atoms with Crippen molar-refractivity contribution in [3.63, 3.8) is 0 Å². The molecule has 0 aliphatic carbocycles. The molecule has 0 amide bonds. The lowest BCUT2D eigenvalue weighted by Gasteiger charge is -2.03. The Bertz CT molecular complexity index is 640. The van der Waals surface area contributed by atoms with Crippen LogP contribution in [0.2, 0.25) is 0 Å². The first-order valence-electron chi connectivity index (χ1n) is 5.46. The van der Waals surface area contributed by atoms with Crippen molar-refractivity contribution >= 4 is 11.0 Å². The maximum Gasteiger partial charge on any atom is 0.141 e. The summed E-state index contributed by atoms with van der Waals surface area (Å²) in [4.78, 5) is 11.6. The average molecular weight is 224 g/mol. The topological polar surface area (TPSA) is 67.6 Å². The maximum atomic E-state index is 5.58. The predicted molar refractivity (Wildman–Crippen MR) is 67.2 cm³/mol. The summed E-state index contributed by atoms with van der Waals surface area (Å²) in [5.74, 6) is 0. The molecule has 17 heavy (non-hydrogen) atoms. The normalized spacial score (nSPS) is 10.9. The molecule has 4 nitrogen and oxygen atoms in total. The zero-order chi connectivity index (χ0) is 11.7. The summed E-state index contributed by atoms with van der Waals surface area (Å²) in [7, 11) is 0.